The van der Waals surface area contributed by atoms with Crippen molar-refractivity contribution >= 4 is 11.7 Å². The lowest BCUT2D eigenvalue weighted by atomic mass is 10.1. The molecule has 1 atom stereocenters. The predicted molar refractivity (Wildman–Crippen MR) is 82.4 cm³/mol. The van der Waals surface area contributed by atoms with Gasteiger partial charge in [0.05, 0.1) is 24.0 Å². The molecule has 2 aromatic rings. The van der Waals surface area contributed by atoms with Gasteiger partial charge in [-0.3, -0.25) is 0 Å². The quantitative estimate of drug-likeness (QED) is 0.800. The van der Waals surface area contributed by atoms with E-state index in [2.05, 4.69) is 12.2 Å². The third-order valence-corrected chi connectivity index (χ3v) is 3.10. The zero-order valence-corrected chi connectivity index (χ0v) is 12.6. The number of hydrogen-bond donors (Lipinski definition) is 1. The molecule has 4 heteroatoms. The van der Waals surface area contributed by atoms with Gasteiger partial charge in [0.2, 0.25) is 0 Å². The van der Waals surface area contributed by atoms with Crippen molar-refractivity contribution in [1.29, 1.82) is 0 Å². The van der Waals surface area contributed by atoms with Gasteiger partial charge in [-0.15, -0.1) is 0 Å². The number of rotatable bonds is 6. The van der Waals surface area contributed by atoms with Crippen LogP contribution in [0.4, 0.5) is 5.69 Å². The van der Waals surface area contributed by atoms with Gasteiger partial charge in [0, 0.05) is 5.69 Å². The summed E-state index contributed by atoms with van der Waals surface area (Å²) in [6.07, 6.45) is 2.47. The normalized spacial score (nSPS) is 12.2. The van der Waals surface area contributed by atoms with Crippen molar-refractivity contribution in [3.8, 4) is 0 Å². The molecular formula is C17H21NO3. The molecule has 0 spiro atoms. The molecule has 1 aromatic carbocycles. The zero-order valence-electron chi connectivity index (χ0n) is 12.6. The lowest BCUT2D eigenvalue weighted by Crippen LogP contribution is -2.12. The van der Waals surface area contributed by atoms with Crippen molar-refractivity contribution in [2.24, 2.45) is 0 Å². The second-order valence-corrected chi connectivity index (χ2v) is 5.15. The Hall–Kier alpha value is -2.23. The first-order chi connectivity index (χ1) is 10.1. The van der Waals surface area contributed by atoms with Gasteiger partial charge in [0.15, 0.2) is 0 Å². The van der Waals surface area contributed by atoms with Crippen molar-refractivity contribution in [1.82, 2.24) is 0 Å². The molecular weight excluding hydrogens is 266 g/mol. The maximum absolute atomic E-state index is 11.8. The number of furan rings is 1. The molecule has 0 saturated heterocycles. The van der Waals surface area contributed by atoms with Crippen LogP contribution in [0, 0.1) is 0 Å². The van der Waals surface area contributed by atoms with E-state index in [0.717, 1.165) is 17.9 Å². The van der Waals surface area contributed by atoms with Crippen LogP contribution in [0.5, 0.6) is 0 Å². The fourth-order valence-corrected chi connectivity index (χ4v) is 2.05. The lowest BCUT2D eigenvalue weighted by Gasteiger charge is -2.16. The Morgan fingerprint density at radius 1 is 1.24 bits per heavy atom. The van der Waals surface area contributed by atoms with Crippen molar-refractivity contribution in [2.45, 2.75) is 39.3 Å². The maximum atomic E-state index is 11.8. The highest BCUT2D eigenvalue weighted by Gasteiger charge is 2.13. The van der Waals surface area contributed by atoms with Crippen LogP contribution in [0.25, 0.3) is 0 Å². The predicted octanol–water partition coefficient (Wildman–Crippen LogP) is 4.41. The van der Waals surface area contributed by atoms with E-state index in [1.807, 2.05) is 38.1 Å². The maximum Gasteiger partial charge on any atom is 0.338 e. The number of ether oxygens (including phenoxy) is 1. The fraction of sp³-hybridized carbons (Fsp3) is 0.353. The van der Waals surface area contributed by atoms with Crippen LogP contribution in [0.3, 0.4) is 0 Å². The van der Waals surface area contributed by atoms with Gasteiger partial charge < -0.3 is 14.5 Å². The molecule has 2 rings (SSSR count). The molecule has 1 aromatic heterocycles. The number of carbonyl (C=O) groups excluding carboxylic acids is 1. The van der Waals surface area contributed by atoms with Gasteiger partial charge in [0.1, 0.15) is 5.76 Å². The Morgan fingerprint density at radius 2 is 1.95 bits per heavy atom. The number of hydrogen-bond acceptors (Lipinski definition) is 4. The summed E-state index contributed by atoms with van der Waals surface area (Å²) in [5.41, 5.74) is 1.50. The van der Waals surface area contributed by atoms with Gasteiger partial charge in [-0.1, -0.05) is 6.92 Å². The highest BCUT2D eigenvalue weighted by Crippen LogP contribution is 2.23. The van der Waals surface area contributed by atoms with Gasteiger partial charge >= 0.3 is 5.97 Å². The van der Waals surface area contributed by atoms with E-state index < -0.39 is 0 Å². The molecule has 0 saturated carbocycles. The van der Waals surface area contributed by atoms with Gasteiger partial charge in [-0.2, -0.15) is 0 Å². The minimum atomic E-state index is -0.297. The monoisotopic (exact) mass is 287 g/mol. The summed E-state index contributed by atoms with van der Waals surface area (Å²) >= 11 is 0. The van der Waals surface area contributed by atoms with Gasteiger partial charge in [-0.05, 0) is 56.7 Å². The van der Waals surface area contributed by atoms with E-state index in [9.17, 15) is 4.79 Å². The standard InChI is InChI=1S/C17H21NO3/c1-4-15(16-6-5-11-20-16)18-14-9-7-13(8-10-14)17(19)21-12(2)3/h5-12,15,18H,4H2,1-3H3. The number of esters is 1. The topological polar surface area (TPSA) is 51.5 Å². The second kappa shape index (κ2) is 6.97. The zero-order chi connectivity index (χ0) is 15.2. The molecule has 4 nitrogen and oxygen atoms in total. The van der Waals surface area contributed by atoms with Crippen LogP contribution in [-0.4, -0.2) is 12.1 Å². The Morgan fingerprint density at radius 3 is 2.48 bits per heavy atom. The lowest BCUT2D eigenvalue weighted by molar-refractivity contribution is 0.0378. The number of benzene rings is 1. The van der Waals surface area contributed by atoms with Gasteiger partial charge in [0.25, 0.3) is 0 Å². The summed E-state index contributed by atoms with van der Waals surface area (Å²) in [5, 5.41) is 3.39. The minimum absolute atomic E-state index is 0.112. The van der Waals surface area contributed by atoms with Crippen molar-refractivity contribution in [3.05, 3.63) is 54.0 Å². The van der Waals surface area contributed by atoms with E-state index >= 15 is 0 Å². The molecule has 0 fully saturated rings. The number of anilines is 1. The molecule has 0 aliphatic rings. The molecule has 0 bridgehead atoms. The Labute approximate surface area is 125 Å². The molecule has 0 aliphatic carbocycles. The van der Waals surface area contributed by atoms with Gasteiger partial charge in [-0.25, -0.2) is 4.79 Å². The third kappa shape index (κ3) is 4.12. The van der Waals surface area contributed by atoms with E-state index in [-0.39, 0.29) is 18.1 Å². The molecule has 1 unspecified atom stereocenters. The Bertz CT molecular complexity index is 558. The summed E-state index contributed by atoms with van der Waals surface area (Å²) in [4.78, 5) is 11.8. The first kappa shape index (κ1) is 15.2. The summed E-state index contributed by atoms with van der Waals surface area (Å²) in [5.74, 6) is 0.607. The SMILES string of the molecule is CCC(Nc1ccc(C(=O)OC(C)C)cc1)c1ccco1. The smallest absolute Gasteiger partial charge is 0.338 e. The average Bonchev–Trinajstić information content (AvgIpc) is 2.98. The van der Waals surface area contributed by atoms with E-state index in [4.69, 9.17) is 9.15 Å². The summed E-state index contributed by atoms with van der Waals surface area (Å²) < 4.78 is 10.6. The highest BCUT2D eigenvalue weighted by molar-refractivity contribution is 5.89. The molecule has 0 radical (unpaired) electrons. The van der Waals surface area contributed by atoms with Crippen LogP contribution in [0.15, 0.2) is 47.1 Å². The van der Waals surface area contributed by atoms with E-state index in [0.29, 0.717) is 5.56 Å². The largest absolute Gasteiger partial charge is 0.467 e. The van der Waals surface area contributed by atoms with Crippen LogP contribution in [-0.2, 0) is 4.74 Å². The van der Waals surface area contributed by atoms with Crippen molar-refractivity contribution in [2.75, 3.05) is 5.32 Å². The van der Waals surface area contributed by atoms with Crippen LogP contribution in [0.1, 0.15) is 49.4 Å². The Kier molecular flexibility index (Phi) is 5.04. The van der Waals surface area contributed by atoms with Crippen LogP contribution >= 0.6 is 0 Å². The molecule has 1 heterocycles. The molecule has 1 N–H and O–H groups in total. The molecule has 0 aliphatic heterocycles. The average molecular weight is 287 g/mol. The first-order valence-electron chi connectivity index (χ1n) is 7.21. The van der Waals surface area contributed by atoms with Crippen LogP contribution in [0.2, 0.25) is 0 Å². The van der Waals surface area contributed by atoms with Crippen LogP contribution < -0.4 is 5.32 Å². The van der Waals surface area contributed by atoms with E-state index in [1.54, 1.807) is 18.4 Å². The summed E-state index contributed by atoms with van der Waals surface area (Å²) in [6, 6.07) is 11.2. The summed E-state index contributed by atoms with van der Waals surface area (Å²) in [7, 11) is 0. The van der Waals surface area contributed by atoms with Crippen molar-refractivity contribution < 1.29 is 13.9 Å². The number of nitrogens with one attached hydrogen (secondary N) is 1. The highest BCUT2D eigenvalue weighted by atomic mass is 16.5. The second-order valence-electron chi connectivity index (χ2n) is 5.15. The minimum Gasteiger partial charge on any atom is -0.467 e. The number of carbonyl (C=O) groups is 1. The third-order valence-electron chi connectivity index (χ3n) is 3.10. The van der Waals surface area contributed by atoms with Crippen molar-refractivity contribution in [3.63, 3.8) is 0 Å². The van der Waals surface area contributed by atoms with E-state index in [1.165, 1.54) is 0 Å². The molecule has 21 heavy (non-hydrogen) atoms. The Balaban J connectivity index is 2.03. The first-order valence-corrected chi connectivity index (χ1v) is 7.21. The summed E-state index contributed by atoms with van der Waals surface area (Å²) in [6.45, 7) is 5.76. The molecule has 0 amide bonds. The fourth-order valence-electron chi connectivity index (χ4n) is 2.05. The molecule has 112 valence electrons.